The summed E-state index contributed by atoms with van der Waals surface area (Å²) >= 11 is 0. The molecule has 1 aromatic heterocycles. The van der Waals surface area contributed by atoms with Crippen molar-refractivity contribution in [3.63, 3.8) is 0 Å². The van der Waals surface area contributed by atoms with Crippen molar-refractivity contribution in [1.82, 2.24) is 9.78 Å². The zero-order valence-electron chi connectivity index (χ0n) is 14.1. The van der Waals surface area contributed by atoms with E-state index in [1.165, 1.54) is 24.3 Å². The number of nitrogens with one attached hydrogen (secondary N) is 1. The average molecular weight is 412 g/mol. The fraction of sp³-hybridized carbons (Fsp3) is 0.0588. The Morgan fingerprint density at radius 1 is 1.03 bits per heavy atom. The van der Waals surface area contributed by atoms with Gasteiger partial charge in [-0.05, 0) is 6.07 Å². The van der Waals surface area contributed by atoms with E-state index in [0.717, 1.165) is 16.9 Å². The Labute approximate surface area is 158 Å². The highest BCUT2D eigenvalue weighted by Gasteiger charge is 2.26. The zero-order valence-corrected chi connectivity index (χ0v) is 14.1. The van der Waals surface area contributed by atoms with E-state index in [1.54, 1.807) is 0 Å². The van der Waals surface area contributed by atoms with Gasteiger partial charge in [-0.25, -0.2) is 22.0 Å². The molecule has 150 valence electrons. The van der Waals surface area contributed by atoms with Crippen LogP contribution in [0.1, 0.15) is 15.9 Å². The number of nitro benzene ring substituents is 1. The van der Waals surface area contributed by atoms with Crippen LogP contribution in [0.3, 0.4) is 0 Å². The number of halogens is 5. The number of non-ortho nitro benzene ring substituents is 1. The summed E-state index contributed by atoms with van der Waals surface area (Å²) in [5.41, 5.74) is -1.45. The standard InChI is InChI=1S/C17H9F5N4O3/c18-12-10(13(19)15(21)16(22)14(12)20)7-25-5-4-11(24-25)23-17(27)8-2-1-3-9(6-8)26(28)29/h1-6H,7H2,(H,23,24,27). The SMILES string of the molecule is O=C(Nc1ccn(Cc2c(F)c(F)c(F)c(F)c2F)n1)c1cccc([N+](=O)[O-])c1. The van der Waals surface area contributed by atoms with Gasteiger partial charge in [-0.1, -0.05) is 6.07 Å². The summed E-state index contributed by atoms with van der Waals surface area (Å²) in [5.74, 6) is -11.3. The third kappa shape index (κ3) is 3.90. The van der Waals surface area contributed by atoms with Crippen LogP contribution >= 0.6 is 0 Å². The van der Waals surface area contributed by atoms with Gasteiger partial charge in [0.2, 0.25) is 5.82 Å². The minimum absolute atomic E-state index is 0.0477. The summed E-state index contributed by atoms with van der Waals surface area (Å²) in [4.78, 5) is 22.2. The maximum Gasteiger partial charge on any atom is 0.270 e. The first kappa shape index (κ1) is 19.9. The van der Waals surface area contributed by atoms with Crippen molar-refractivity contribution in [3.8, 4) is 0 Å². The lowest BCUT2D eigenvalue weighted by molar-refractivity contribution is -0.384. The minimum Gasteiger partial charge on any atom is -0.305 e. The molecular formula is C17H9F5N4O3. The smallest absolute Gasteiger partial charge is 0.270 e. The first-order valence-electron chi connectivity index (χ1n) is 7.78. The lowest BCUT2D eigenvalue weighted by Gasteiger charge is -2.08. The Hall–Kier alpha value is -3.83. The molecule has 7 nitrogen and oxygen atoms in total. The molecule has 0 bridgehead atoms. The maximum absolute atomic E-state index is 13.7. The molecule has 0 aliphatic carbocycles. The molecule has 2 aromatic carbocycles. The Bertz CT molecular complexity index is 1100. The number of nitrogens with zero attached hydrogens (tertiary/aromatic N) is 3. The Morgan fingerprint density at radius 2 is 1.66 bits per heavy atom. The van der Waals surface area contributed by atoms with Gasteiger partial charge in [-0.3, -0.25) is 19.6 Å². The second-order valence-corrected chi connectivity index (χ2v) is 5.71. The van der Waals surface area contributed by atoms with E-state index in [1.807, 2.05) is 0 Å². The highest BCUT2D eigenvalue weighted by atomic mass is 19.2. The van der Waals surface area contributed by atoms with E-state index in [4.69, 9.17) is 0 Å². The van der Waals surface area contributed by atoms with E-state index >= 15 is 0 Å². The molecule has 0 saturated heterocycles. The zero-order chi connectivity index (χ0) is 21.3. The van der Waals surface area contributed by atoms with Gasteiger partial charge in [0.15, 0.2) is 29.1 Å². The Morgan fingerprint density at radius 3 is 2.28 bits per heavy atom. The Kier molecular flexibility index (Phi) is 5.26. The molecule has 1 heterocycles. The van der Waals surface area contributed by atoms with E-state index in [9.17, 15) is 36.9 Å². The van der Waals surface area contributed by atoms with Crippen LogP contribution in [0, 0.1) is 39.2 Å². The van der Waals surface area contributed by atoms with Crippen LogP contribution in [0.2, 0.25) is 0 Å². The van der Waals surface area contributed by atoms with Gasteiger partial charge < -0.3 is 5.32 Å². The number of amides is 1. The molecule has 0 atom stereocenters. The second kappa shape index (κ2) is 7.66. The molecule has 0 unspecified atom stereocenters. The number of carbonyl (C=O) groups is 1. The van der Waals surface area contributed by atoms with Crippen LogP contribution < -0.4 is 5.32 Å². The second-order valence-electron chi connectivity index (χ2n) is 5.71. The van der Waals surface area contributed by atoms with E-state index < -0.39 is 52.0 Å². The fourth-order valence-electron chi connectivity index (χ4n) is 2.42. The summed E-state index contributed by atoms with van der Waals surface area (Å²) < 4.78 is 67.9. The van der Waals surface area contributed by atoms with E-state index in [0.29, 0.717) is 0 Å². The number of carbonyl (C=O) groups excluding carboxylic acids is 1. The van der Waals surface area contributed by atoms with Crippen LogP contribution in [-0.2, 0) is 6.54 Å². The number of hydrogen-bond donors (Lipinski definition) is 1. The summed E-state index contributed by atoms with van der Waals surface area (Å²) in [6.07, 6.45) is 1.14. The molecule has 3 aromatic rings. The van der Waals surface area contributed by atoms with Gasteiger partial charge in [0.05, 0.1) is 17.0 Å². The van der Waals surface area contributed by atoms with Crippen molar-refractivity contribution in [1.29, 1.82) is 0 Å². The third-order valence-electron chi connectivity index (χ3n) is 3.82. The molecule has 1 amide bonds. The highest BCUT2D eigenvalue weighted by Crippen LogP contribution is 2.24. The lowest BCUT2D eigenvalue weighted by Crippen LogP contribution is -2.14. The molecule has 0 radical (unpaired) electrons. The van der Waals surface area contributed by atoms with Crippen LogP contribution in [0.4, 0.5) is 33.5 Å². The number of rotatable bonds is 5. The van der Waals surface area contributed by atoms with Crippen molar-refractivity contribution in [2.75, 3.05) is 5.32 Å². The first-order chi connectivity index (χ1) is 13.7. The molecule has 0 aliphatic heterocycles. The third-order valence-corrected chi connectivity index (χ3v) is 3.82. The predicted molar refractivity (Wildman–Crippen MR) is 88.6 cm³/mol. The van der Waals surface area contributed by atoms with Gasteiger partial charge in [0.25, 0.3) is 11.6 Å². The van der Waals surface area contributed by atoms with Crippen LogP contribution in [0.25, 0.3) is 0 Å². The predicted octanol–water partition coefficient (Wildman–Crippen LogP) is 3.79. The Balaban J connectivity index is 1.80. The summed E-state index contributed by atoms with van der Waals surface area (Å²) in [7, 11) is 0. The first-order valence-corrected chi connectivity index (χ1v) is 7.78. The molecule has 1 N–H and O–H groups in total. The molecule has 12 heteroatoms. The maximum atomic E-state index is 13.7. The summed E-state index contributed by atoms with van der Waals surface area (Å²) in [5, 5.41) is 16.8. The van der Waals surface area contributed by atoms with Gasteiger partial charge in [-0.15, -0.1) is 0 Å². The fourth-order valence-corrected chi connectivity index (χ4v) is 2.42. The molecule has 3 rings (SSSR count). The molecule has 29 heavy (non-hydrogen) atoms. The van der Waals surface area contributed by atoms with Gasteiger partial charge >= 0.3 is 0 Å². The number of anilines is 1. The molecule has 0 fully saturated rings. The largest absolute Gasteiger partial charge is 0.305 e. The number of nitro groups is 1. The van der Waals surface area contributed by atoms with Crippen LogP contribution in [0.5, 0.6) is 0 Å². The quantitative estimate of drug-likeness (QED) is 0.227. The van der Waals surface area contributed by atoms with Crippen molar-refractivity contribution < 1.29 is 31.7 Å². The minimum atomic E-state index is -2.27. The number of hydrogen-bond acceptors (Lipinski definition) is 4. The lowest BCUT2D eigenvalue weighted by atomic mass is 10.1. The topological polar surface area (TPSA) is 90.1 Å². The van der Waals surface area contributed by atoms with Crippen LogP contribution in [0.15, 0.2) is 36.5 Å². The monoisotopic (exact) mass is 412 g/mol. The van der Waals surface area contributed by atoms with Crippen molar-refractivity contribution >= 4 is 17.4 Å². The van der Waals surface area contributed by atoms with Gasteiger partial charge in [-0.2, -0.15) is 5.10 Å². The molecule has 0 aliphatic rings. The van der Waals surface area contributed by atoms with E-state index in [2.05, 4.69) is 10.4 Å². The number of aromatic nitrogens is 2. The molecule has 0 saturated carbocycles. The highest BCUT2D eigenvalue weighted by molar-refractivity contribution is 6.04. The normalized spacial score (nSPS) is 10.8. The van der Waals surface area contributed by atoms with Crippen LogP contribution in [-0.4, -0.2) is 20.6 Å². The number of benzene rings is 2. The summed E-state index contributed by atoms with van der Waals surface area (Å²) in [6, 6.07) is 6.04. The average Bonchev–Trinajstić information content (AvgIpc) is 3.15. The molecule has 0 spiro atoms. The summed E-state index contributed by atoms with van der Waals surface area (Å²) in [6.45, 7) is -0.793. The van der Waals surface area contributed by atoms with Crippen molar-refractivity contribution in [3.05, 3.63) is 86.9 Å². The van der Waals surface area contributed by atoms with Gasteiger partial charge in [0.1, 0.15) is 0 Å². The van der Waals surface area contributed by atoms with Gasteiger partial charge in [0, 0.05) is 30.0 Å². The van der Waals surface area contributed by atoms with Crippen molar-refractivity contribution in [2.45, 2.75) is 6.54 Å². The van der Waals surface area contributed by atoms with Crippen molar-refractivity contribution in [2.24, 2.45) is 0 Å². The molecular weight excluding hydrogens is 403 g/mol. The van der Waals surface area contributed by atoms with E-state index in [-0.39, 0.29) is 17.1 Å².